The molecular formula is C14H11Cl. The van der Waals surface area contributed by atoms with Gasteiger partial charge < -0.3 is 0 Å². The van der Waals surface area contributed by atoms with Gasteiger partial charge in [-0.2, -0.15) is 0 Å². The zero-order chi connectivity index (χ0) is 10.5. The Labute approximate surface area is 94.8 Å². The van der Waals surface area contributed by atoms with Crippen molar-refractivity contribution in [1.82, 2.24) is 0 Å². The Kier molecular flexibility index (Phi) is 3.21. The Balaban J connectivity index is 2.19. The van der Waals surface area contributed by atoms with Gasteiger partial charge in [-0.1, -0.05) is 66.2 Å². The molecule has 2 aromatic carbocycles. The summed E-state index contributed by atoms with van der Waals surface area (Å²) in [6, 6.07) is 18.0. The molecule has 0 heterocycles. The molecule has 0 aromatic heterocycles. The van der Waals surface area contributed by atoms with Crippen molar-refractivity contribution in [3.8, 4) is 0 Å². The predicted octanol–water partition coefficient (Wildman–Crippen LogP) is 4.51. The van der Waals surface area contributed by atoms with Gasteiger partial charge in [0.15, 0.2) is 0 Å². The largest absolute Gasteiger partial charge is 0.0843 e. The third-order valence-electron chi connectivity index (χ3n) is 2.12. The van der Waals surface area contributed by atoms with Gasteiger partial charge >= 0.3 is 0 Å². The Morgan fingerprint density at radius 3 is 2.13 bits per heavy atom. The van der Waals surface area contributed by atoms with Crippen LogP contribution in [0.3, 0.4) is 0 Å². The highest BCUT2D eigenvalue weighted by atomic mass is 35.5. The van der Waals surface area contributed by atoms with E-state index in [0.717, 1.165) is 10.6 Å². The van der Waals surface area contributed by atoms with Crippen molar-refractivity contribution in [3.05, 3.63) is 70.7 Å². The van der Waals surface area contributed by atoms with Gasteiger partial charge in [-0.25, -0.2) is 0 Å². The second-order valence-electron chi connectivity index (χ2n) is 3.30. The predicted molar refractivity (Wildman–Crippen MR) is 66.8 cm³/mol. The van der Waals surface area contributed by atoms with Gasteiger partial charge in [-0.15, -0.1) is 0 Å². The van der Waals surface area contributed by atoms with E-state index < -0.39 is 0 Å². The van der Waals surface area contributed by atoms with Crippen LogP contribution in [-0.2, 0) is 0 Å². The fourth-order valence-electron chi connectivity index (χ4n) is 1.37. The van der Waals surface area contributed by atoms with E-state index in [0.29, 0.717) is 0 Å². The van der Waals surface area contributed by atoms with Crippen LogP contribution in [0.25, 0.3) is 12.2 Å². The van der Waals surface area contributed by atoms with Crippen LogP contribution in [0.4, 0.5) is 0 Å². The number of halogens is 1. The molecule has 0 unspecified atom stereocenters. The lowest BCUT2D eigenvalue weighted by Gasteiger charge is -1.94. The van der Waals surface area contributed by atoms with Crippen molar-refractivity contribution in [3.63, 3.8) is 0 Å². The molecule has 0 nitrogen and oxygen atoms in total. The monoisotopic (exact) mass is 214 g/mol. The van der Waals surface area contributed by atoms with E-state index in [4.69, 9.17) is 11.6 Å². The minimum absolute atomic E-state index is 0.769. The highest BCUT2D eigenvalue weighted by Crippen LogP contribution is 2.13. The van der Waals surface area contributed by atoms with Crippen molar-refractivity contribution >= 4 is 23.8 Å². The van der Waals surface area contributed by atoms with Crippen LogP contribution < -0.4 is 0 Å². The highest BCUT2D eigenvalue weighted by Gasteiger charge is 1.89. The fraction of sp³-hybridized carbons (Fsp3) is 0. The summed E-state index contributed by atoms with van der Waals surface area (Å²) in [5, 5.41) is 0.769. The first kappa shape index (κ1) is 10.0. The van der Waals surface area contributed by atoms with Crippen LogP contribution in [0, 0.1) is 0 Å². The zero-order valence-corrected chi connectivity index (χ0v) is 8.98. The van der Waals surface area contributed by atoms with Crippen molar-refractivity contribution < 1.29 is 0 Å². The van der Waals surface area contributed by atoms with Crippen LogP contribution in [0.5, 0.6) is 0 Å². The van der Waals surface area contributed by atoms with E-state index >= 15 is 0 Å². The van der Waals surface area contributed by atoms with Crippen molar-refractivity contribution in [2.24, 2.45) is 0 Å². The first-order valence-electron chi connectivity index (χ1n) is 4.83. The van der Waals surface area contributed by atoms with Gasteiger partial charge in [0.2, 0.25) is 0 Å². The highest BCUT2D eigenvalue weighted by molar-refractivity contribution is 6.30. The quantitative estimate of drug-likeness (QED) is 0.646. The second-order valence-corrected chi connectivity index (χ2v) is 3.74. The first-order chi connectivity index (χ1) is 7.34. The van der Waals surface area contributed by atoms with Crippen molar-refractivity contribution in [1.29, 1.82) is 0 Å². The molecule has 0 saturated carbocycles. The summed E-state index contributed by atoms with van der Waals surface area (Å²) >= 11 is 5.89. The molecule has 0 radical (unpaired) electrons. The second kappa shape index (κ2) is 4.81. The molecule has 2 rings (SSSR count). The van der Waals surface area contributed by atoms with E-state index in [1.54, 1.807) is 0 Å². The normalized spacial score (nSPS) is 10.7. The molecule has 1 heteroatoms. The number of rotatable bonds is 2. The topological polar surface area (TPSA) is 0 Å². The van der Waals surface area contributed by atoms with E-state index in [2.05, 4.69) is 24.3 Å². The lowest BCUT2D eigenvalue weighted by Crippen LogP contribution is -1.72. The standard InChI is InChI=1S/C14H11Cl/c15-14-8-4-7-13(11-14)10-9-12-5-2-1-3-6-12/h1-11H. The molecule has 15 heavy (non-hydrogen) atoms. The van der Waals surface area contributed by atoms with Crippen LogP contribution >= 0.6 is 11.6 Å². The summed E-state index contributed by atoms with van der Waals surface area (Å²) in [5.74, 6) is 0. The molecule has 0 bridgehead atoms. The summed E-state index contributed by atoms with van der Waals surface area (Å²) in [6.45, 7) is 0. The molecule has 0 fully saturated rings. The maximum Gasteiger partial charge on any atom is 0.0411 e. The smallest absolute Gasteiger partial charge is 0.0411 e. The molecule has 0 aliphatic heterocycles. The summed E-state index contributed by atoms with van der Waals surface area (Å²) in [7, 11) is 0. The molecule has 0 amide bonds. The van der Waals surface area contributed by atoms with Crippen LogP contribution in [0.2, 0.25) is 5.02 Å². The lowest BCUT2D eigenvalue weighted by atomic mass is 10.1. The van der Waals surface area contributed by atoms with E-state index in [-0.39, 0.29) is 0 Å². The third kappa shape index (κ3) is 2.97. The summed E-state index contributed by atoms with van der Waals surface area (Å²) in [6.07, 6.45) is 4.13. The average Bonchev–Trinajstić information content (AvgIpc) is 2.28. The number of hydrogen-bond donors (Lipinski definition) is 0. The molecule has 0 aliphatic rings. The van der Waals surface area contributed by atoms with Gasteiger partial charge in [0, 0.05) is 5.02 Å². The molecule has 0 saturated heterocycles. The third-order valence-corrected chi connectivity index (χ3v) is 2.35. The molecule has 0 atom stereocenters. The molecule has 0 spiro atoms. The maximum atomic E-state index is 5.89. The zero-order valence-electron chi connectivity index (χ0n) is 8.23. The molecule has 0 aliphatic carbocycles. The minimum Gasteiger partial charge on any atom is -0.0843 e. The Morgan fingerprint density at radius 2 is 1.40 bits per heavy atom. The molecule has 2 aromatic rings. The van der Waals surface area contributed by atoms with Gasteiger partial charge in [0.25, 0.3) is 0 Å². The molecular weight excluding hydrogens is 204 g/mol. The molecule has 74 valence electrons. The first-order valence-corrected chi connectivity index (χ1v) is 5.21. The summed E-state index contributed by atoms with van der Waals surface area (Å²) < 4.78 is 0. The van der Waals surface area contributed by atoms with Gasteiger partial charge in [-0.3, -0.25) is 0 Å². The number of benzene rings is 2. The molecule has 0 N–H and O–H groups in total. The maximum absolute atomic E-state index is 5.89. The van der Waals surface area contributed by atoms with Crippen LogP contribution in [-0.4, -0.2) is 0 Å². The fourth-order valence-corrected chi connectivity index (χ4v) is 1.57. The van der Waals surface area contributed by atoms with Gasteiger partial charge in [-0.05, 0) is 23.3 Å². The Morgan fingerprint density at radius 1 is 0.733 bits per heavy atom. The van der Waals surface area contributed by atoms with Crippen LogP contribution in [0.1, 0.15) is 11.1 Å². The van der Waals surface area contributed by atoms with Gasteiger partial charge in [0.1, 0.15) is 0 Å². The van der Waals surface area contributed by atoms with Crippen LogP contribution in [0.15, 0.2) is 54.6 Å². The van der Waals surface area contributed by atoms with E-state index in [1.807, 2.05) is 42.5 Å². The van der Waals surface area contributed by atoms with Crippen molar-refractivity contribution in [2.45, 2.75) is 0 Å². The number of hydrogen-bond acceptors (Lipinski definition) is 0. The summed E-state index contributed by atoms with van der Waals surface area (Å²) in [5.41, 5.74) is 2.31. The average molecular weight is 215 g/mol. The van der Waals surface area contributed by atoms with E-state index in [1.165, 1.54) is 5.56 Å². The Hall–Kier alpha value is -1.53. The minimum atomic E-state index is 0.769. The van der Waals surface area contributed by atoms with Crippen molar-refractivity contribution in [2.75, 3.05) is 0 Å². The SMILES string of the molecule is Clc1cccc(C=Cc2ccccc2)c1. The summed E-state index contributed by atoms with van der Waals surface area (Å²) in [4.78, 5) is 0. The Bertz CT molecular complexity index is 458. The van der Waals surface area contributed by atoms with Gasteiger partial charge in [0.05, 0.1) is 0 Å². The van der Waals surface area contributed by atoms with E-state index in [9.17, 15) is 0 Å². The lowest BCUT2D eigenvalue weighted by molar-refractivity contribution is 1.64.